The van der Waals surface area contributed by atoms with Crippen LogP contribution in [0.2, 0.25) is 0 Å². The highest BCUT2D eigenvalue weighted by Crippen LogP contribution is 2.06. The largest absolute Gasteiger partial charge is 0.342 e. The molecule has 0 radical (unpaired) electrons. The fourth-order valence-corrected chi connectivity index (χ4v) is 1.27. The lowest BCUT2D eigenvalue weighted by Crippen LogP contribution is -2.27. The van der Waals surface area contributed by atoms with E-state index < -0.39 is 0 Å². The quantitative estimate of drug-likeness (QED) is 0.792. The number of aromatic amines is 1. The third kappa shape index (κ3) is 2.22. The van der Waals surface area contributed by atoms with E-state index in [4.69, 9.17) is 0 Å². The van der Waals surface area contributed by atoms with Crippen LogP contribution in [0, 0.1) is 0 Å². The van der Waals surface area contributed by atoms with Crippen molar-refractivity contribution in [3.63, 3.8) is 0 Å². The summed E-state index contributed by atoms with van der Waals surface area (Å²) >= 11 is 0. The Morgan fingerprint density at radius 3 is 3.06 bits per heavy atom. The van der Waals surface area contributed by atoms with Gasteiger partial charge in [0.25, 0.3) is 5.91 Å². The Morgan fingerprint density at radius 1 is 1.56 bits per heavy atom. The molecule has 2 aromatic rings. The first kappa shape index (κ1) is 10.3. The molecule has 2 rings (SSSR count). The van der Waals surface area contributed by atoms with Crippen molar-refractivity contribution >= 4 is 5.91 Å². The van der Waals surface area contributed by atoms with E-state index in [0.29, 0.717) is 11.4 Å². The van der Waals surface area contributed by atoms with Gasteiger partial charge in [-0.2, -0.15) is 5.10 Å². The summed E-state index contributed by atoms with van der Waals surface area (Å²) in [6.45, 7) is 1.83. The molecule has 0 spiro atoms. The average Bonchev–Trinajstić information content (AvgIpc) is 2.83. The van der Waals surface area contributed by atoms with E-state index in [2.05, 4.69) is 25.5 Å². The van der Waals surface area contributed by atoms with Crippen molar-refractivity contribution in [2.45, 2.75) is 13.0 Å². The van der Waals surface area contributed by atoms with E-state index in [9.17, 15) is 4.79 Å². The van der Waals surface area contributed by atoms with Crippen molar-refractivity contribution in [1.82, 2.24) is 25.5 Å². The molecule has 6 heteroatoms. The molecule has 82 valence electrons. The molecule has 2 heterocycles. The summed E-state index contributed by atoms with van der Waals surface area (Å²) in [7, 11) is 0. The fourth-order valence-electron chi connectivity index (χ4n) is 1.27. The van der Waals surface area contributed by atoms with Crippen molar-refractivity contribution in [3.8, 4) is 0 Å². The SMILES string of the molecule is CC(NC(=O)c1cccnc1)c1ncn[nH]1. The summed E-state index contributed by atoms with van der Waals surface area (Å²) in [5.74, 6) is 0.439. The van der Waals surface area contributed by atoms with E-state index in [1.54, 1.807) is 18.3 Å². The number of carbonyl (C=O) groups is 1. The van der Waals surface area contributed by atoms with E-state index in [-0.39, 0.29) is 11.9 Å². The minimum Gasteiger partial charge on any atom is -0.342 e. The maximum absolute atomic E-state index is 11.7. The second-order valence-corrected chi connectivity index (χ2v) is 3.31. The van der Waals surface area contributed by atoms with Crippen molar-refractivity contribution < 1.29 is 4.79 Å². The van der Waals surface area contributed by atoms with Crippen LogP contribution in [0.4, 0.5) is 0 Å². The lowest BCUT2D eigenvalue weighted by molar-refractivity contribution is 0.0938. The van der Waals surface area contributed by atoms with Gasteiger partial charge in [-0.05, 0) is 19.1 Å². The first-order chi connectivity index (χ1) is 7.77. The van der Waals surface area contributed by atoms with Gasteiger partial charge >= 0.3 is 0 Å². The Morgan fingerprint density at radius 2 is 2.44 bits per heavy atom. The number of carbonyl (C=O) groups excluding carboxylic acids is 1. The molecule has 1 atom stereocenters. The number of H-pyrrole nitrogens is 1. The van der Waals surface area contributed by atoms with Crippen molar-refractivity contribution in [2.75, 3.05) is 0 Å². The molecule has 0 aromatic carbocycles. The van der Waals surface area contributed by atoms with Crippen LogP contribution in [0.1, 0.15) is 29.1 Å². The first-order valence-corrected chi connectivity index (χ1v) is 4.83. The summed E-state index contributed by atoms with van der Waals surface area (Å²) in [5.41, 5.74) is 0.522. The number of nitrogens with zero attached hydrogens (tertiary/aromatic N) is 3. The summed E-state index contributed by atoms with van der Waals surface area (Å²) < 4.78 is 0. The lowest BCUT2D eigenvalue weighted by Gasteiger charge is -2.10. The molecular weight excluding hydrogens is 206 g/mol. The minimum absolute atomic E-state index is 0.183. The third-order valence-electron chi connectivity index (χ3n) is 2.12. The van der Waals surface area contributed by atoms with Gasteiger partial charge in [0.1, 0.15) is 12.2 Å². The number of rotatable bonds is 3. The van der Waals surface area contributed by atoms with Crippen LogP contribution in [0.5, 0.6) is 0 Å². The van der Waals surface area contributed by atoms with Gasteiger partial charge in [-0.3, -0.25) is 14.9 Å². The summed E-state index contributed by atoms with van der Waals surface area (Å²) in [6.07, 6.45) is 4.54. The molecule has 1 amide bonds. The van der Waals surface area contributed by atoms with Crippen molar-refractivity contribution in [3.05, 3.63) is 42.2 Å². The predicted molar refractivity (Wildman–Crippen MR) is 56.5 cm³/mol. The normalized spacial score (nSPS) is 12.1. The average molecular weight is 217 g/mol. The van der Waals surface area contributed by atoms with Gasteiger partial charge in [-0.25, -0.2) is 4.98 Å². The van der Waals surface area contributed by atoms with Crippen LogP contribution in [-0.2, 0) is 0 Å². The molecule has 2 aromatic heterocycles. The standard InChI is InChI=1S/C10H11N5O/c1-7(9-12-6-13-15-9)14-10(16)8-3-2-4-11-5-8/h2-7H,1H3,(H,14,16)(H,12,13,15). The summed E-state index contributed by atoms with van der Waals surface area (Å²) in [6, 6.07) is 3.21. The van der Waals surface area contributed by atoms with E-state index in [0.717, 1.165) is 0 Å². The molecule has 0 saturated carbocycles. The topological polar surface area (TPSA) is 83.6 Å². The van der Waals surface area contributed by atoms with Crippen molar-refractivity contribution in [2.24, 2.45) is 0 Å². The second kappa shape index (κ2) is 4.52. The Labute approximate surface area is 92.1 Å². The molecule has 6 nitrogen and oxygen atoms in total. The Balaban J connectivity index is 2.03. The van der Waals surface area contributed by atoms with Gasteiger partial charge in [0.2, 0.25) is 0 Å². The van der Waals surface area contributed by atoms with Crippen LogP contribution in [0.15, 0.2) is 30.9 Å². The summed E-state index contributed by atoms with van der Waals surface area (Å²) in [4.78, 5) is 19.6. The molecule has 0 fully saturated rings. The van der Waals surface area contributed by atoms with Crippen molar-refractivity contribution in [1.29, 1.82) is 0 Å². The second-order valence-electron chi connectivity index (χ2n) is 3.31. The molecule has 0 aliphatic carbocycles. The van der Waals surface area contributed by atoms with Gasteiger partial charge in [0.05, 0.1) is 11.6 Å². The van der Waals surface area contributed by atoms with Gasteiger partial charge in [-0.1, -0.05) is 0 Å². The zero-order valence-corrected chi connectivity index (χ0v) is 8.71. The van der Waals surface area contributed by atoms with Crippen LogP contribution >= 0.6 is 0 Å². The minimum atomic E-state index is -0.213. The highest BCUT2D eigenvalue weighted by Gasteiger charge is 2.12. The lowest BCUT2D eigenvalue weighted by atomic mass is 10.2. The van der Waals surface area contributed by atoms with Gasteiger partial charge in [0.15, 0.2) is 0 Å². The molecule has 0 aliphatic heterocycles. The van der Waals surface area contributed by atoms with Gasteiger partial charge in [-0.15, -0.1) is 0 Å². The van der Waals surface area contributed by atoms with Crippen LogP contribution in [-0.4, -0.2) is 26.1 Å². The number of aromatic nitrogens is 4. The van der Waals surface area contributed by atoms with Gasteiger partial charge in [0, 0.05) is 12.4 Å². The fraction of sp³-hybridized carbons (Fsp3) is 0.200. The Bertz CT molecular complexity index is 453. The number of nitrogens with one attached hydrogen (secondary N) is 2. The number of amides is 1. The van der Waals surface area contributed by atoms with E-state index in [1.165, 1.54) is 12.5 Å². The molecule has 0 aliphatic rings. The van der Waals surface area contributed by atoms with E-state index in [1.807, 2.05) is 6.92 Å². The Kier molecular flexibility index (Phi) is 2.90. The van der Waals surface area contributed by atoms with Crippen LogP contribution in [0.25, 0.3) is 0 Å². The van der Waals surface area contributed by atoms with Crippen LogP contribution in [0.3, 0.4) is 0 Å². The maximum atomic E-state index is 11.7. The monoisotopic (exact) mass is 217 g/mol. The zero-order chi connectivity index (χ0) is 11.4. The van der Waals surface area contributed by atoms with Crippen LogP contribution < -0.4 is 5.32 Å². The molecule has 16 heavy (non-hydrogen) atoms. The molecule has 2 N–H and O–H groups in total. The summed E-state index contributed by atoms with van der Waals surface area (Å²) in [5, 5.41) is 9.21. The predicted octanol–water partition coefficient (Wildman–Crippen LogP) is 0.691. The smallest absolute Gasteiger partial charge is 0.253 e. The molecule has 1 unspecified atom stereocenters. The molecule has 0 saturated heterocycles. The highest BCUT2D eigenvalue weighted by atomic mass is 16.1. The number of hydrogen-bond donors (Lipinski definition) is 2. The Hall–Kier alpha value is -2.24. The number of pyridine rings is 1. The molecule has 0 bridgehead atoms. The maximum Gasteiger partial charge on any atom is 0.253 e. The van der Waals surface area contributed by atoms with Gasteiger partial charge < -0.3 is 5.32 Å². The zero-order valence-electron chi connectivity index (χ0n) is 8.71. The molecular formula is C10H11N5O. The first-order valence-electron chi connectivity index (χ1n) is 4.83. The van der Waals surface area contributed by atoms with E-state index >= 15 is 0 Å². The number of hydrogen-bond acceptors (Lipinski definition) is 4. The third-order valence-corrected chi connectivity index (χ3v) is 2.12. The highest BCUT2D eigenvalue weighted by molar-refractivity contribution is 5.93.